The third-order valence-corrected chi connectivity index (χ3v) is 2.60. The van der Waals surface area contributed by atoms with Crippen LogP contribution in [0.15, 0.2) is 17.1 Å². The Morgan fingerprint density at radius 3 is 2.93 bits per heavy atom. The van der Waals surface area contributed by atoms with Gasteiger partial charge in [0.2, 0.25) is 11.9 Å². The minimum Gasteiger partial charge on any atom is -0.292 e. The maximum atomic E-state index is 11.4. The fourth-order valence-electron chi connectivity index (χ4n) is 1.37. The number of nitrogens with one attached hydrogen (secondary N) is 1. The number of carbonyl (C=O) groups is 1. The Morgan fingerprint density at radius 2 is 2.36 bits per heavy atom. The molecule has 1 amide bonds. The lowest BCUT2D eigenvalue weighted by Crippen LogP contribution is -2.28. The lowest BCUT2D eigenvalue weighted by atomic mass is 10.4. The number of carbonyl (C=O) groups excluding carboxylic acids is 1. The highest BCUT2D eigenvalue weighted by molar-refractivity contribution is 9.09. The predicted octanol–water partition coefficient (Wildman–Crippen LogP) is 0.270. The Bertz CT molecular complexity index is 417. The van der Waals surface area contributed by atoms with Crippen LogP contribution in [-0.4, -0.2) is 27.2 Å². The lowest BCUT2D eigenvalue weighted by Gasteiger charge is -2.12. The number of hydrogen-bond acceptors (Lipinski definition) is 3. The number of anilines is 1. The van der Waals surface area contributed by atoms with Crippen molar-refractivity contribution in [2.75, 3.05) is 11.4 Å². The maximum absolute atomic E-state index is 11.4. The zero-order valence-electron chi connectivity index (χ0n) is 7.24. The molecule has 1 saturated heterocycles. The number of halogens is 1. The summed E-state index contributed by atoms with van der Waals surface area (Å²) in [7, 11) is 0. The van der Waals surface area contributed by atoms with E-state index in [9.17, 15) is 9.59 Å². The molecule has 2 heterocycles. The Kier molecular flexibility index (Phi) is 2.37. The quantitative estimate of drug-likeness (QED) is 0.735. The summed E-state index contributed by atoms with van der Waals surface area (Å²) in [5.41, 5.74) is -0.249. The van der Waals surface area contributed by atoms with Gasteiger partial charge in [-0.25, -0.2) is 4.98 Å². The van der Waals surface area contributed by atoms with Crippen LogP contribution < -0.4 is 10.5 Å². The number of aromatic amines is 1. The van der Waals surface area contributed by atoms with Crippen molar-refractivity contribution in [1.29, 1.82) is 0 Å². The van der Waals surface area contributed by atoms with Gasteiger partial charge in [0.25, 0.3) is 5.56 Å². The molecule has 1 aromatic heterocycles. The van der Waals surface area contributed by atoms with Crippen LogP contribution in [0.5, 0.6) is 0 Å². The average Bonchev–Trinajstić information content (AvgIpc) is 2.45. The number of rotatable bonds is 1. The van der Waals surface area contributed by atoms with Crippen LogP contribution >= 0.6 is 15.9 Å². The molecule has 0 aromatic carbocycles. The first-order valence-corrected chi connectivity index (χ1v) is 5.08. The zero-order chi connectivity index (χ0) is 10.1. The van der Waals surface area contributed by atoms with Gasteiger partial charge in [0.05, 0.1) is 0 Å². The van der Waals surface area contributed by atoms with Crippen LogP contribution in [-0.2, 0) is 4.79 Å². The standard InChI is InChI=1S/C8H8BrN3O2/c9-5-3-7(14)12(4-5)8-10-2-1-6(13)11-8/h1-2,5H,3-4H2,(H,10,11,13). The highest BCUT2D eigenvalue weighted by atomic mass is 79.9. The zero-order valence-corrected chi connectivity index (χ0v) is 8.82. The molecule has 14 heavy (non-hydrogen) atoms. The molecular formula is C8H8BrN3O2. The summed E-state index contributed by atoms with van der Waals surface area (Å²) < 4.78 is 0. The molecule has 1 aromatic rings. The second kappa shape index (κ2) is 3.53. The summed E-state index contributed by atoms with van der Waals surface area (Å²) >= 11 is 3.35. The van der Waals surface area contributed by atoms with Crippen molar-refractivity contribution in [1.82, 2.24) is 9.97 Å². The molecule has 5 nitrogen and oxygen atoms in total. The summed E-state index contributed by atoms with van der Waals surface area (Å²) in [5, 5.41) is 0. The molecule has 0 saturated carbocycles. The number of H-pyrrole nitrogens is 1. The fourth-order valence-corrected chi connectivity index (χ4v) is 1.93. The van der Waals surface area contributed by atoms with E-state index in [4.69, 9.17) is 0 Å². The molecule has 0 spiro atoms. The van der Waals surface area contributed by atoms with E-state index in [0.717, 1.165) is 0 Å². The van der Waals surface area contributed by atoms with Crippen LogP contribution in [0.1, 0.15) is 6.42 Å². The van der Waals surface area contributed by atoms with Gasteiger partial charge in [-0.15, -0.1) is 0 Å². The van der Waals surface area contributed by atoms with E-state index in [1.54, 1.807) is 0 Å². The van der Waals surface area contributed by atoms with Gasteiger partial charge in [-0.2, -0.15) is 0 Å². The first-order valence-electron chi connectivity index (χ1n) is 4.16. The van der Waals surface area contributed by atoms with Gasteiger partial charge in [-0.05, 0) is 0 Å². The van der Waals surface area contributed by atoms with Gasteiger partial charge in [-0.3, -0.25) is 19.5 Å². The Balaban J connectivity index is 2.32. The molecule has 0 aliphatic carbocycles. The van der Waals surface area contributed by atoms with Crippen LogP contribution in [0.25, 0.3) is 0 Å². The molecule has 2 rings (SSSR count). The maximum Gasteiger partial charge on any atom is 0.252 e. The van der Waals surface area contributed by atoms with Crippen molar-refractivity contribution in [3.63, 3.8) is 0 Å². The van der Waals surface area contributed by atoms with Crippen molar-refractivity contribution in [3.8, 4) is 0 Å². The fraction of sp³-hybridized carbons (Fsp3) is 0.375. The van der Waals surface area contributed by atoms with E-state index in [-0.39, 0.29) is 16.3 Å². The van der Waals surface area contributed by atoms with E-state index in [0.29, 0.717) is 18.9 Å². The van der Waals surface area contributed by atoms with E-state index < -0.39 is 0 Å². The Labute approximate surface area is 88.3 Å². The number of aromatic nitrogens is 2. The van der Waals surface area contributed by atoms with Crippen molar-refractivity contribution in [3.05, 3.63) is 22.6 Å². The van der Waals surface area contributed by atoms with Crippen LogP contribution in [0.4, 0.5) is 5.95 Å². The topological polar surface area (TPSA) is 66.1 Å². The molecular weight excluding hydrogens is 250 g/mol. The van der Waals surface area contributed by atoms with Gasteiger partial charge >= 0.3 is 0 Å². The molecule has 1 atom stereocenters. The van der Waals surface area contributed by atoms with Crippen LogP contribution in [0, 0.1) is 0 Å². The normalized spacial score (nSPS) is 21.6. The van der Waals surface area contributed by atoms with Crippen molar-refractivity contribution in [2.45, 2.75) is 11.2 Å². The molecule has 0 bridgehead atoms. The minimum atomic E-state index is -0.249. The first kappa shape index (κ1) is 9.39. The number of nitrogens with zero attached hydrogens (tertiary/aromatic N) is 2. The van der Waals surface area contributed by atoms with E-state index in [1.165, 1.54) is 17.2 Å². The van der Waals surface area contributed by atoms with Gasteiger partial charge in [-0.1, -0.05) is 15.9 Å². The molecule has 1 aliphatic heterocycles. The SMILES string of the molecule is O=C1CC(Br)CN1c1nccc(=O)[nH]1. The molecule has 1 N–H and O–H groups in total. The highest BCUT2D eigenvalue weighted by Gasteiger charge is 2.29. The first-order chi connectivity index (χ1) is 6.66. The summed E-state index contributed by atoms with van der Waals surface area (Å²) in [6, 6.07) is 1.32. The van der Waals surface area contributed by atoms with Gasteiger partial charge in [0, 0.05) is 30.1 Å². The number of hydrogen-bond donors (Lipinski definition) is 1. The van der Waals surface area contributed by atoms with Crippen LogP contribution in [0.2, 0.25) is 0 Å². The van der Waals surface area contributed by atoms with Crippen molar-refractivity contribution < 1.29 is 4.79 Å². The minimum absolute atomic E-state index is 0.0266. The Morgan fingerprint density at radius 1 is 1.57 bits per heavy atom. The van der Waals surface area contributed by atoms with Crippen molar-refractivity contribution >= 4 is 27.8 Å². The highest BCUT2D eigenvalue weighted by Crippen LogP contribution is 2.20. The van der Waals surface area contributed by atoms with E-state index in [2.05, 4.69) is 25.9 Å². The van der Waals surface area contributed by atoms with Crippen molar-refractivity contribution in [2.24, 2.45) is 0 Å². The molecule has 0 radical (unpaired) electrons. The molecule has 1 unspecified atom stereocenters. The van der Waals surface area contributed by atoms with Gasteiger partial charge in [0.1, 0.15) is 0 Å². The number of amides is 1. The summed E-state index contributed by atoms with van der Waals surface area (Å²) in [6.45, 7) is 0.547. The molecule has 1 aliphatic rings. The summed E-state index contributed by atoms with van der Waals surface area (Å²) in [4.78, 5) is 30.5. The van der Waals surface area contributed by atoms with Crippen LogP contribution in [0.3, 0.4) is 0 Å². The molecule has 6 heteroatoms. The third kappa shape index (κ3) is 1.70. The van der Waals surface area contributed by atoms with Gasteiger partial charge < -0.3 is 0 Å². The monoisotopic (exact) mass is 257 g/mol. The van der Waals surface area contributed by atoms with E-state index in [1.807, 2.05) is 0 Å². The predicted molar refractivity (Wildman–Crippen MR) is 54.5 cm³/mol. The summed E-state index contributed by atoms with van der Waals surface area (Å²) in [5.74, 6) is 0.297. The smallest absolute Gasteiger partial charge is 0.252 e. The lowest BCUT2D eigenvalue weighted by molar-refractivity contribution is -0.117. The largest absolute Gasteiger partial charge is 0.292 e. The summed E-state index contributed by atoms with van der Waals surface area (Å²) in [6.07, 6.45) is 1.83. The molecule has 1 fully saturated rings. The second-order valence-electron chi connectivity index (χ2n) is 3.06. The average molecular weight is 258 g/mol. The second-order valence-corrected chi connectivity index (χ2v) is 4.36. The van der Waals surface area contributed by atoms with E-state index >= 15 is 0 Å². The number of alkyl halides is 1. The third-order valence-electron chi connectivity index (χ3n) is 1.99. The Hall–Kier alpha value is -1.17. The molecule has 74 valence electrons. The van der Waals surface area contributed by atoms with Gasteiger partial charge in [0.15, 0.2) is 0 Å².